The Morgan fingerprint density at radius 1 is 0.939 bits per heavy atom. The zero-order valence-corrected chi connectivity index (χ0v) is 18.1. The second-order valence-electron chi connectivity index (χ2n) is 7.01. The fraction of sp³-hybridized carbons (Fsp3) is 0.0800. The average Bonchev–Trinajstić information content (AvgIpc) is 3.27. The summed E-state index contributed by atoms with van der Waals surface area (Å²) in [6, 6.07) is 23.3. The first-order chi connectivity index (χ1) is 16.1. The van der Waals surface area contributed by atoms with Gasteiger partial charge in [-0.2, -0.15) is 10.4 Å². The topological polar surface area (TPSA) is 101 Å². The number of nitrogens with one attached hydrogen (secondary N) is 2. The molecular weight excluding hydrogens is 418 g/mol. The highest BCUT2D eigenvalue weighted by molar-refractivity contribution is 6.02. The number of urea groups is 1. The van der Waals surface area contributed by atoms with Gasteiger partial charge >= 0.3 is 6.03 Å². The summed E-state index contributed by atoms with van der Waals surface area (Å²) < 4.78 is 12.4. The lowest BCUT2D eigenvalue weighted by atomic mass is 10.1. The molecule has 164 valence electrons. The predicted octanol–water partition coefficient (Wildman–Crippen LogP) is 5.07. The lowest BCUT2D eigenvalue weighted by Gasteiger charge is -2.10. The van der Waals surface area contributed by atoms with E-state index in [1.165, 1.54) is 0 Å². The highest BCUT2D eigenvalue weighted by Gasteiger charge is 2.17. The van der Waals surface area contributed by atoms with E-state index in [2.05, 4.69) is 16.7 Å². The average molecular weight is 439 g/mol. The summed E-state index contributed by atoms with van der Waals surface area (Å²) in [5.41, 5.74) is 3.60. The molecular formula is C25H21N5O3. The quantitative estimate of drug-likeness (QED) is 0.437. The number of nitriles is 1. The Hall–Kier alpha value is -4.77. The maximum Gasteiger partial charge on any atom is 0.323 e. The van der Waals surface area contributed by atoms with Crippen molar-refractivity contribution >= 4 is 17.4 Å². The number of benzene rings is 3. The van der Waals surface area contributed by atoms with Crippen molar-refractivity contribution in [3.63, 3.8) is 0 Å². The number of ether oxygens (including phenoxy) is 2. The number of hydrogen-bond donors (Lipinski definition) is 2. The standard InChI is InChI=1S/C25H21N5O3/c1-32-22-12-11-18(14-23(22)33-2)24-21(16-30(29-24)20-9-4-3-5-10-20)28-25(31)27-19-8-6-7-17(13-19)15-26/h3-14,16H,1-2H3,(H2,27,28,31). The molecule has 8 heteroatoms. The van der Waals surface area contributed by atoms with Gasteiger partial charge in [0.25, 0.3) is 0 Å². The van der Waals surface area contributed by atoms with Gasteiger partial charge in [-0.25, -0.2) is 9.48 Å². The molecule has 0 atom stereocenters. The number of anilines is 2. The Morgan fingerprint density at radius 3 is 2.45 bits per heavy atom. The summed E-state index contributed by atoms with van der Waals surface area (Å²) in [4.78, 5) is 12.7. The van der Waals surface area contributed by atoms with Gasteiger partial charge in [-0.15, -0.1) is 0 Å². The highest BCUT2D eigenvalue weighted by Crippen LogP contribution is 2.35. The lowest BCUT2D eigenvalue weighted by molar-refractivity contribution is 0.262. The Morgan fingerprint density at radius 2 is 1.73 bits per heavy atom. The van der Waals surface area contributed by atoms with Gasteiger partial charge in [-0.1, -0.05) is 24.3 Å². The molecule has 4 aromatic rings. The molecule has 0 saturated carbocycles. The molecule has 2 amide bonds. The number of carbonyl (C=O) groups is 1. The highest BCUT2D eigenvalue weighted by atomic mass is 16.5. The second-order valence-corrected chi connectivity index (χ2v) is 7.01. The number of methoxy groups -OCH3 is 2. The van der Waals surface area contributed by atoms with E-state index in [1.807, 2.05) is 36.4 Å². The van der Waals surface area contributed by atoms with Crippen molar-refractivity contribution in [2.45, 2.75) is 0 Å². The van der Waals surface area contributed by atoms with Crippen molar-refractivity contribution in [1.82, 2.24) is 9.78 Å². The molecule has 0 bridgehead atoms. The van der Waals surface area contributed by atoms with Crippen LogP contribution in [0.3, 0.4) is 0 Å². The van der Waals surface area contributed by atoms with Crippen LogP contribution in [0.4, 0.5) is 16.2 Å². The number of amides is 2. The Kier molecular flexibility index (Phi) is 6.23. The first-order valence-electron chi connectivity index (χ1n) is 10.1. The van der Waals surface area contributed by atoms with Gasteiger partial charge in [0.15, 0.2) is 11.5 Å². The first kappa shape index (κ1) is 21.5. The molecule has 4 rings (SSSR count). The van der Waals surface area contributed by atoms with Gasteiger partial charge in [0, 0.05) is 11.3 Å². The van der Waals surface area contributed by atoms with Crippen molar-refractivity contribution < 1.29 is 14.3 Å². The van der Waals surface area contributed by atoms with E-state index in [0.29, 0.717) is 34.1 Å². The monoisotopic (exact) mass is 439 g/mol. The minimum atomic E-state index is -0.459. The molecule has 33 heavy (non-hydrogen) atoms. The van der Waals surface area contributed by atoms with Gasteiger partial charge in [-0.3, -0.25) is 0 Å². The third-order valence-corrected chi connectivity index (χ3v) is 4.89. The summed E-state index contributed by atoms with van der Waals surface area (Å²) in [5.74, 6) is 1.14. The zero-order valence-electron chi connectivity index (χ0n) is 18.1. The van der Waals surface area contributed by atoms with Gasteiger partial charge in [0.1, 0.15) is 5.69 Å². The van der Waals surface area contributed by atoms with Crippen LogP contribution >= 0.6 is 0 Å². The molecule has 1 heterocycles. The van der Waals surface area contributed by atoms with Crippen LogP contribution in [0.1, 0.15) is 5.56 Å². The largest absolute Gasteiger partial charge is 0.493 e. The van der Waals surface area contributed by atoms with E-state index in [0.717, 1.165) is 11.3 Å². The maximum atomic E-state index is 12.7. The third-order valence-electron chi connectivity index (χ3n) is 4.89. The molecule has 0 radical (unpaired) electrons. The first-order valence-corrected chi connectivity index (χ1v) is 10.1. The SMILES string of the molecule is COc1ccc(-c2nn(-c3ccccc3)cc2NC(=O)Nc2cccc(C#N)c2)cc1OC. The molecule has 2 N–H and O–H groups in total. The van der Waals surface area contributed by atoms with Crippen molar-refractivity contribution in [2.75, 3.05) is 24.9 Å². The summed E-state index contributed by atoms with van der Waals surface area (Å²) in [6.07, 6.45) is 1.74. The summed E-state index contributed by atoms with van der Waals surface area (Å²) in [5, 5.41) is 19.4. The fourth-order valence-corrected chi connectivity index (χ4v) is 3.33. The number of hydrogen-bond acceptors (Lipinski definition) is 5. The predicted molar refractivity (Wildman–Crippen MR) is 126 cm³/mol. The number of aromatic nitrogens is 2. The third kappa shape index (κ3) is 4.78. The number of nitrogens with zero attached hydrogens (tertiary/aromatic N) is 3. The van der Waals surface area contributed by atoms with Crippen LogP contribution in [0.5, 0.6) is 11.5 Å². The lowest BCUT2D eigenvalue weighted by Crippen LogP contribution is -2.19. The van der Waals surface area contributed by atoms with Crippen LogP contribution in [0, 0.1) is 11.3 Å². The second kappa shape index (κ2) is 9.58. The van der Waals surface area contributed by atoms with E-state index in [1.54, 1.807) is 61.5 Å². The van der Waals surface area contributed by atoms with Crippen molar-refractivity contribution in [1.29, 1.82) is 5.26 Å². The number of rotatable bonds is 6. The minimum absolute atomic E-state index is 0.454. The number of para-hydroxylation sites is 1. The number of carbonyl (C=O) groups excluding carboxylic acids is 1. The van der Waals surface area contributed by atoms with Crippen molar-refractivity contribution in [3.8, 4) is 34.5 Å². The van der Waals surface area contributed by atoms with Crippen LogP contribution in [0.2, 0.25) is 0 Å². The molecule has 0 aliphatic carbocycles. The molecule has 1 aromatic heterocycles. The van der Waals surface area contributed by atoms with Gasteiger partial charge in [-0.05, 0) is 48.5 Å². The molecule has 0 unspecified atom stereocenters. The van der Waals surface area contributed by atoms with Gasteiger partial charge in [0.05, 0.1) is 43.4 Å². The van der Waals surface area contributed by atoms with Gasteiger partial charge < -0.3 is 20.1 Å². The van der Waals surface area contributed by atoms with Crippen LogP contribution in [0.25, 0.3) is 16.9 Å². The zero-order chi connectivity index (χ0) is 23.2. The van der Waals surface area contributed by atoms with Crippen LogP contribution in [-0.4, -0.2) is 30.0 Å². The van der Waals surface area contributed by atoms with E-state index in [-0.39, 0.29) is 0 Å². The molecule has 0 spiro atoms. The van der Waals surface area contributed by atoms with Gasteiger partial charge in [0.2, 0.25) is 0 Å². The Bertz CT molecular complexity index is 1330. The molecule has 0 aliphatic heterocycles. The van der Waals surface area contributed by atoms with E-state index >= 15 is 0 Å². The summed E-state index contributed by atoms with van der Waals surface area (Å²) in [6.45, 7) is 0. The molecule has 8 nitrogen and oxygen atoms in total. The van der Waals surface area contributed by atoms with E-state index in [9.17, 15) is 4.79 Å². The normalized spacial score (nSPS) is 10.2. The summed E-state index contributed by atoms with van der Waals surface area (Å²) in [7, 11) is 3.13. The van der Waals surface area contributed by atoms with Crippen LogP contribution in [0.15, 0.2) is 79.0 Å². The Labute approximate surface area is 191 Å². The van der Waals surface area contributed by atoms with Crippen molar-refractivity contribution in [3.05, 3.63) is 84.6 Å². The van der Waals surface area contributed by atoms with Crippen LogP contribution in [-0.2, 0) is 0 Å². The minimum Gasteiger partial charge on any atom is -0.493 e. The molecule has 0 aliphatic rings. The van der Waals surface area contributed by atoms with E-state index in [4.69, 9.17) is 19.8 Å². The molecule has 3 aromatic carbocycles. The maximum absolute atomic E-state index is 12.7. The molecule has 0 saturated heterocycles. The van der Waals surface area contributed by atoms with Crippen LogP contribution < -0.4 is 20.1 Å². The van der Waals surface area contributed by atoms with E-state index < -0.39 is 6.03 Å². The molecule has 0 fully saturated rings. The Balaban J connectivity index is 1.69. The fourth-order valence-electron chi connectivity index (χ4n) is 3.33. The van der Waals surface area contributed by atoms with Crippen molar-refractivity contribution in [2.24, 2.45) is 0 Å². The smallest absolute Gasteiger partial charge is 0.323 e. The summed E-state index contributed by atoms with van der Waals surface area (Å²) >= 11 is 0.